The first kappa shape index (κ1) is 15.2. The average molecular weight is 319 g/mol. The minimum Gasteiger partial charge on any atom is -0.293 e. The number of aromatic nitrogens is 1. The Morgan fingerprint density at radius 2 is 2.05 bits per heavy atom. The van der Waals surface area contributed by atoms with Gasteiger partial charge in [0.25, 0.3) is 0 Å². The number of hydrogen-bond donors (Lipinski definition) is 0. The molecule has 2 nitrogen and oxygen atoms in total. The highest BCUT2D eigenvalue weighted by atomic mass is 32.2. The van der Waals surface area contributed by atoms with Crippen LogP contribution in [0.4, 0.5) is 0 Å². The summed E-state index contributed by atoms with van der Waals surface area (Å²) in [5.41, 5.74) is 1.11. The number of rotatable bonds is 7. The molecule has 1 fully saturated rings. The lowest BCUT2D eigenvalue weighted by molar-refractivity contribution is 0.346. The van der Waals surface area contributed by atoms with Crippen molar-refractivity contribution in [2.45, 2.75) is 24.3 Å². The maximum atomic E-state index is 4.71. The normalized spacial score (nSPS) is 15.8. The zero-order valence-corrected chi connectivity index (χ0v) is 14.0. The largest absolute Gasteiger partial charge is 0.293 e. The van der Waals surface area contributed by atoms with Crippen molar-refractivity contribution in [3.63, 3.8) is 0 Å². The van der Waals surface area contributed by atoms with E-state index < -0.39 is 0 Å². The minimum atomic E-state index is 1.11. The second-order valence-electron chi connectivity index (χ2n) is 5.41. The van der Waals surface area contributed by atoms with Gasteiger partial charge in [-0.15, -0.1) is 23.5 Å². The molecule has 3 rings (SSSR count). The topological polar surface area (TPSA) is 16.1 Å². The van der Waals surface area contributed by atoms with Crippen molar-refractivity contribution in [3.05, 3.63) is 36.4 Å². The Balaban J connectivity index is 1.36. The van der Waals surface area contributed by atoms with E-state index in [1.54, 1.807) is 0 Å². The summed E-state index contributed by atoms with van der Waals surface area (Å²) in [6, 6.07) is 12.7. The molecule has 0 unspecified atom stereocenters. The highest BCUT2D eigenvalue weighted by Crippen LogP contribution is 2.21. The summed E-state index contributed by atoms with van der Waals surface area (Å²) >= 11 is 3.95. The summed E-state index contributed by atoms with van der Waals surface area (Å²) in [7, 11) is 0. The third-order valence-corrected chi connectivity index (χ3v) is 5.80. The van der Waals surface area contributed by atoms with Crippen LogP contribution in [0.3, 0.4) is 0 Å². The maximum absolute atomic E-state index is 4.71. The standard InChI is InChI=1S/C17H22N2S2/c1(4-10-19-11-13-20-14-19)5-12-21-17-9-8-15-6-2-3-7-16(15)18-17/h2-3,6-9H,1,4-5,10-14H2. The molecule has 2 heterocycles. The molecule has 0 aliphatic carbocycles. The fourth-order valence-electron chi connectivity index (χ4n) is 2.55. The molecule has 21 heavy (non-hydrogen) atoms. The van der Waals surface area contributed by atoms with Gasteiger partial charge < -0.3 is 0 Å². The molecule has 0 amide bonds. The van der Waals surface area contributed by atoms with Gasteiger partial charge in [0.05, 0.1) is 10.5 Å². The molecule has 0 spiro atoms. The van der Waals surface area contributed by atoms with Crippen molar-refractivity contribution in [1.29, 1.82) is 0 Å². The van der Waals surface area contributed by atoms with Crippen LogP contribution in [0.2, 0.25) is 0 Å². The molecule has 1 aromatic carbocycles. The van der Waals surface area contributed by atoms with Gasteiger partial charge in [0.1, 0.15) is 0 Å². The van der Waals surface area contributed by atoms with Crippen molar-refractivity contribution in [1.82, 2.24) is 9.88 Å². The molecule has 4 heteroatoms. The number of hydrogen-bond acceptors (Lipinski definition) is 4. The van der Waals surface area contributed by atoms with Crippen LogP contribution >= 0.6 is 23.5 Å². The van der Waals surface area contributed by atoms with Crippen molar-refractivity contribution in [2.75, 3.05) is 30.5 Å². The highest BCUT2D eigenvalue weighted by molar-refractivity contribution is 7.99. The van der Waals surface area contributed by atoms with Crippen LogP contribution in [0.25, 0.3) is 10.9 Å². The van der Waals surface area contributed by atoms with Gasteiger partial charge >= 0.3 is 0 Å². The Morgan fingerprint density at radius 3 is 2.95 bits per heavy atom. The number of benzene rings is 1. The van der Waals surface area contributed by atoms with Crippen molar-refractivity contribution in [3.8, 4) is 0 Å². The third-order valence-electron chi connectivity index (χ3n) is 3.77. The summed E-state index contributed by atoms with van der Waals surface area (Å²) in [5, 5.41) is 2.38. The van der Waals surface area contributed by atoms with Crippen molar-refractivity contribution >= 4 is 34.4 Å². The maximum Gasteiger partial charge on any atom is 0.0967 e. The first-order chi connectivity index (χ1) is 10.4. The Bertz CT molecular complexity index is 567. The Kier molecular flexibility index (Phi) is 5.83. The average Bonchev–Trinajstić information content (AvgIpc) is 3.04. The van der Waals surface area contributed by atoms with E-state index in [1.807, 2.05) is 11.8 Å². The summed E-state index contributed by atoms with van der Waals surface area (Å²) < 4.78 is 0. The molecule has 1 saturated heterocycles. The first-order valence-electron chi connectivity index (χ1n) is 7.70. The van der Waals surface area contributed by atoms with Crippen molar-refractivity contribution < 1.29 is 0 Å². The molecule has 0 radical (unpaired) electrons. The van der Waals surface area contributed by atoms with E-state index >= 15 is 0 Å². The lowest BCUT2D eigenvalue weighted by Crippen LogP contribution is -2.20. The summed E-state index contributed by atoms with van der Waals surface area (Å²) in [6.45, 7) is 2.58. The molecule has 112 valence electrons. The van der Waals surface area contributed by atoms with Gasteiger partial charge in [-0.05, 0) is 37.3 Å². The number of unbranched alkanes of at least 4 members (excludes halogenated alkanes) is 2. The quantitative estimate of drug-likeness (QED) is 0.551. The molecule has 1 aliphatic rings. The Labute approximate surface area is 135 Å². The molecule has 1 aliphatic heterocycles. The molecule has 1 aromatic heterocycles. The van der Waals surface area contributed by atoms with E-state index in [1.165, 1.54) is 55.1 Å². The molecule has 0 N–H and O–H groups in total. The van der Waals surface area contributed by atoms with Crippen LogP contribution in [-0.2, 0) is 0 Å². The number of nitrogens with zero attached hydrogens (tertiary/aromatic N) is 2. The van der Waals surface area contributed by atoms with Gasteiger partial charge in [0.2, 0.25) is 0 Å². The van der Waals surface area contributed by atoms with Gasteiger partial charge in [-0.3, -0.25) is 4.90 Å². The molecule has 0 saturated carbocycles. The second kappa shape index (κ2) is 8.06. The predicted molar refractivity (Wildman–Crippen MR) is 95.2 cm³/mol. The van der Waals surface area contributed by atoms with Crippen LogP contribution in [0.5, 0.6) is 0 Å². The number of fused-ring (bicyclic) bond motifs is 1. The molecular formula is C17H22N2S2. The smallest absolute Gasteiger partial charge is 0.0967 e. The monoisotopic (exact) mass is 318 g/mol. The van der Waals surface area contributed by atoms with Gasteiger partial charge in [-0.2, -0.15) is 0 Å². The van der Waals surface area contributed by atoms with Crippen LogP contribution in [-0.4, -0.2) is 40.4 Å². The summed E-state index contributed by atoms with van der Waals surface area (Å²) in [6.07, 6.45) is 3.97. The van der Waals surface area contributed by atoms with E-state index in [0.717, 1.165) is 10.5 Å². The lowest BCUT2D eigenvalue weighted by atomic mass is 10.2. The van der Waals surface area contributed by atoms with Gasteiger partial charge in [0.15, 0.2) is 0 Å². The third kappa shape index (κ3) is 4.63. The Hall–Kier alpha value is -0.710. The van der Waals surface area contributed by atoms with E-state index in [0.29, 0.717) is 0 Å². The fraction of sp³-hybridized carbons (Fsp3) is 0.471. The zero-order valence-electron chi connectivity index (χ0n) is 12.3. The first-order valence-corrected chi connectivity index (χ1v) is 9.84. The van der Waals surface area contributed by atoms with Crippen LogP contribution in [0.15, 0.2) is 41.4 Å². The van der Waals surface area contributed by atoms with Gasteiger partial charge in [-0.25, -0.2) is 4.98 Å². The predicted octanol–water partition coefficient (Wildman–Crippen LogP) is 4.50. The minimum absolute atomic E-state index is 1.11. The van der Waals surface area contributed by atoms with Crippen molar-refractivity contribution in [2.24, 2.45) is 0 Å². The van der Waals surface area contributed by atoms with Crippen LogP contribution < -0.4 is 0 Å². The summed E-state index contributed by atoms with van der Waals surface area (Å²) in [5.74, 6) is 3.75. The van der Waals surface area contributed by atoms with E-state index in [4.69, 9.17) is 4.98 Å². The molecule has 0 bridgehead atoms. The molecular weight excluding hydrogens is 296 g/mol. The molecule has 2 aromatic rings. The van der Waals surface area contributed by atoms with Crippen LogP contribution in [0.1, 0.15) is 19.3 Å². The van der Waals surface area contributed by atoms with Gasteiger partial charge in [-0.1, -0.05) is 30.7 Å². The number of thioether (sulfide) groups is 2. The van der Waals surface area contributed by atoms with Gasteiger partial charge in [0, 0.05) is 23.6 Å². The van der Waals surface area contributed by atoms with E-state index in [-0.39, 0.29) is 0 Å². The number of pyridine rings is 1. The molecule has 0 atom stereocenters. The highest BCUT2D eigenvalue weighted by Gasteiger charge is 2.10. The number of para-hydroxylation sites is 1. The van der Waals surface area contributed by atoms with E-state index in [9.17, 15) is 0 Å². The fourth-order valence-corrected chi connectivity index (χ4v) is 4.46. The summed E-state index contributed by atoms with van der Waals surface area (Å²) in [4.78, 5) is 7.28. The zero-order chi connectivity index (χ0) is 14.3. The second-order valence-corrected chi connectivity index (χ2v) is 7.60. The lowest BCUT2D eigenvalue weighted by Gasteiger charge is -2.12. The van der Waals surface area contributed by atoms with Crippen LogP contribution in [0, 0.1) is 0 Å². The SMILES string of the molecule is c1ccc2nc(SCCCCCN3CCSC3)ccc2c1. The van der Waals surface area contributed by atoms with E-state index in [2.05, 4.69) is 53.1 Å². The Morgan fingerprint density at radius 1 is 1.10 bits per heavy atom.